The van der Waals surface area contributed by atoms with Crippen molar-refractivity contribution in [1.29, 1.82) is 21.2 Å². The minimum atomic E-state index is -1.94. The molecule has 2 rings (SSSR count). The summed E-state index contributed by atoms with van der Waals surface area (Å²) in [6, 6.07) is 13.7. The molecule has 1 N–H and O–H groups in total. The molecule has 0 aromatic heterocycles. The molecule has 6 heteroatoms. The predicted octanol–water partition coefficient (Wildman–Crippen LogP) is 2.29. The number of carbonyl (C=O) groups excluding carboxylic acids is 2. The number of carbonyl (C=O) groups is 2. The number of nitrogens with zero attached hydrogens (tertiary/aromatic N) is 3. The van der Waals surface area contributed by atoms with Crippen molar-refractivity contribution >= 4 is 17.8 Å². The third kappa shape index (κ3) is 2.03. The molecule has 1 saturated carbocycles. The van der Waals surface area contributed by atoms with Crippen LogP contribution in [0.1, 0.15) is 23.7 Å². The van der Waals surface area contributed by atoms with Gasteiger partial charge in [-0.25, -0.2) is 0 Å². The van der Waals surface area contributed by atoms with Crippen molar-refractivity contribution in [3.8, 4) is 18.2 Å². The van der Waals surface area contributed by atoms with Gasteiger partial charge in [0.15, 0.2) is 11.2 Å². The van der Waals surface area contributed by atoms with Crippen molar-refractivity contribution < 1.29 is 9.59 Å². The molecule has 0 saturated heterocycles. The third-order valence-electron chi connectivity index (χ3n) is 4.90. The average Bonchev–Trinajstić information content (AvgIpc) is 2.79. The Morgan fingerprint density at radius 3 is 2.25 bits per heavy atom. The van der Waals surface area contributed by atoms with Gasteiger partial charge >= 0.3 is 0 Å². The van der Waals surface area contributed by atoms with Gasteiger partial charge in [-0.2, -0.15) is 15.8 Å². The minimum Gasteiger partial charge on any atom is -0.307 e. The van der Waals surface area contributed by atoms with Gasteiger partial charge in [-0.1, -0.05) is 37.3 Å². The highest BCUT2D eigenvalue weighted by atomic mass is 16.1. The Bertz CT molecular complexity index is 811. The summed E-state index contributed by atoms with van der Waals surface area (Å²) in [5, 5.41) is 37.2. The van der Waals surface area contributed by atoms with Gasteiger partial charge in [0.25, 0.3) is 0 Å². The lowest BCUT2D eigenvalue weighted by Crippen LogP contribution is -2.43. The molecular weight excluding hydrogens is 304 g/mol. The number of benzene rings is 1. The van der Waals surface area contributed by atoms with E-state index in [1.54, 1.807) is 30.3 Å². The Balaban J connectivity index is 2.61. The van der Waals surface area contributed by atoms with E-state index in [0.717, 1.165) is 0 Å². The minimum absolute atomic E-state index is 0.326. The number of nitrogens with one attached hydrogen (secondary N) is 1. The molecule has 1 aliphatic carbocycles. The summed E-state index contributed by atoms with van der Waals surface area (Å²) < 4.78 is 0. The summed E-state index contributed by atoms with van der Waals surface area (Å²) in [5.41, 5.74) is -3.87. The molecule has 1 aliphatic rings. The monoisotopic (exact) mass is 318 g/mol. The maximum Gasteiger partial charge on any atom is 0.171 e. The zero-order valence-corrected chi connectivity index (χ0v) is 13.0. The molecule has 3 atom stereocenters. The molecule has 0 heterocycles. The van der Waals surface area contributed by atoms with Crippen LogP contribution >= 0.6 is 0 Å². The first-order valence-electron chi connectivity index (χ1n) is 7.30. The molecule has 1 aromatic carbocycles. The smallest absolute Gasteiger partial charge is 0.171 e. The van der Waals surface area contributed by atoms with Gasteiger partial charge in [0.1, 0.15) is 11.7 Å². The third-order valence-corrected chi connectivity index (χ3v) is 4.90. The first-order chi connectivity index (χ1) is 11.4. The van der Waals surface area contributed by atoms with Gasteiger partial charge in [-0.15, -0.1) is 0 Å². The summed E-state index contributed by atoms with van der Waals surface area (Å²) in [6.07, 6.45) is -0.00927. The molecule has 6 nitrogen and oxygen atoms in total. The number of nitriles is 3. The number of ketones is 1. The van der Waals surface area contributed by atoms with Gasteiger partial charge in [0, 0.05) is 23.6 Å². The molecule has 0 radical (unpaired) electrons. The highest BCUT2D eigenvalue weighted by Crippen LogP contribution is 2.57. The number of aldehydes is 1. The fourth-order valence-corrected chi connectivity index (χ4v) is 3.40. The van der Waals surface area contributed by atoms with Crippen LogP contribution in [0.5, 0.6) is 0 Å². The standard InChI is InChI=1S/C18H14N4O2/c1-12-14(8-23)16(22)17(9-19,18(12,10-20)11-21)7-15(24)13-5-3-2-4-6-13/h2-6,8,12,14,22H,7H2,1H3/t12-,14-,17+/m0/s1. The van der Waals surface area contributed by atoms with Crippen molar-refractivity contribution in [2.45, 2.75) is 13.3 Å². The van der Waals surface area contributed by atoms with Crippen LogP contribution in [0.4, 0.5) is 0 Å². The van der Waals surface area contributed by atoms with Crippen molar-refractivity contribution in [3.05, 3.63) is 35.9 Å². The second-order valence-corrected chi connectivity index (χ2v) is 5.88. The number of Topliss-reactive ketones (excluding diaryl/α,β-unsaturated/α-hetero) is 1. The van der Waals surface area contributed by atoms with Gasteiger partial charge < -0.3 is 10.2 Å². The Morgan fingerprint density at radius 2 is 1.79 bits per heavy atom. The van der Waals surface area contributed by atoms with E-state index in [0.29, 0.717) is 11.8 Å². The normalized spacial score (nSPS) is 27.5. The van der Waals surface area contributed by atoms with Crippen molar-refractivity contribution in [3.63, 3.8) is 0 Å². The van der Waals surface area contributed by atoms with Crippen molar-refractivity contribution in [2.24, 2.45) is 22.7 Å². The zero-order chi connectivity index (χ0) is 18.0. The van der Waals surface area contributed by atoms with Crippen LogP contribution in [0.15, 0.2) is 30.3 Å². The summed E-state index contributed by atoms with van der Waals surface area (Å²) in [6.45, 7) is 1.49. The van der Waals surface area contributed by atoms with E-state index in [1.807, 2.05) is 18.2 Å². The van der Waals surface area contributed by atoms with E-state index in [1.165, 1.54) is 6.92 Å². The van der Waals surface area contributed by atoms with Crippen LogP contribution < -0.4 is 0 Å². The molecule has 0 aliphatic heterocycles. The lowest BCUT2D eigenvalue weighted by atomic mass is 9.62. The van der Waals surface area contributed by atoms with Gasteiger partial charge in [-0.05, 0) is 0 Å². The zero-order valence-electron chi connectivity index (χ0n) is 13.0. The van der Waals surface area contributed by atoms with Crippen LogP contribution in [0.25, 0.3) is 0 Å². The molecule has 1 fully saturated rings. The fourth-order valence-electron chi connectivity index (χ4n) is 3.40. The molecule has 0 spiro atoms. The van der Waals surface area contributed by atoms with Crippen LogP contribution in [0.2, 0.25) is 0 Å². The van der Waals surface area contributed by atoms with Gasteiger partial charge in [-0.3, -0.25) is 4.79 Å². The average molecular weight is 318 g/mol. The van der Waals surface area contributed by atoms with Crippen LogP contribution in [-0.4, -0.2) is 17.8 Å². The SMILES string of the molecule is C[C@H]1[C@H](C=O)C(=N)[C@](C#N)(CC(=O)c2ccccc2)C1(C#N)C#N. The summed E-state index contributed by atoms with van der Waals surface area (Å²) in [5.74, 6) is -2.33. The highest BCUT2D eigenvalue weighted by molar-refractivity contribution is 6.09. The first kappa shape index (κ1) is 17.1. The highest BCUT2D eigenvalue weighted by Gasteiger charge is 2.68. The first-order valence-corrected chi connectivity index (χ1v) is 7.30. The van der Waals surface area contributed by atoms with Crippen LogP contribution in [0, 0.1) is 62.1 Å². The molecule has 0 bridgehead atoms. The number of hydrogen-bond donors (Lipinski definition) is 1. The fraction of sp³-hybridized carbons (Fsp3) is 0.333. The largest absolute Gasteiger partial charge is 0.307 e. The second-order valence-electron chi connectivity index (χ2n) is 5.88. The van der Waals surface area contributed by atoms with Crippen LogP contribution in [0.3, 0.4) is 0 Å². The number of rotatable bonds is 4. The number of hydrogen-bond acceptors (Lipinski definition) is 6. The maximum absolute atomic E-state index is 12.6. The van der Waals surface area contributed by atoms with E-state index >= 15 is 0 Å². The quantitative estimate of drug-likeness (QED) is 0.672. The molecule has 0 unspecified atom stereocenters. The molecule has 24 heavy (non-hydrogen) atoms. The van der Waals surface area contributed by atoms with Crippen LogP contribution in [-0.2, 0) is 4.79 Å². The summed E-state index contributed by atoms with van der Waals surface area (Å²) >= 11 is 0. The Kier molecular flexibility index (Phi) is 4.31. The summed E-state index contributed by atoms with van der Waals surface area (Å²) in [4.78, 5) is 23.9. The predicted molar refractivity (Wildman–Crippen MR) is 83.5 cm³/mol. The van der Waals surface area contributed by atoms with E-state index in [4.69, 9.17) is 5.41 Å². The lowest BCUT2D eigenvalue weighted by Gasteiger charge is -2.31. The topological polar surface area (TPSA) is 129 Å². The summed E-state index contributed by atoms with van der Waals surface area (Å²) in [7, 11) is 0. The van der Waals surface area contributed by atoms with E-state index in [2.05, 4.69) is 0 Å². The van der Waals surface area contributed by atoms with Crippen molar-refractivity contribution in [1.82, 2.24) is 0 Å². The van der Waals surface area contributed by atoms with E-state index in [9.17, 15) is 25.4 Å². The van der Waals surface area contributed by atoms with Gasteiger partial charge in [0.2, 0.25) is 0 Å². The van der Waals surface area contributed by atoms with Gasteiger partial charge in [0.05, 0.1) is 24.1 Å². The Labute approximate surface area is 139 Å². The maximum atomic E-state index is 12.6. The molecule has 118 valence electrons. The Morgan fingerprint density at radius 1 is 1.21 bits per heavy atom. The van der Waals surface area contributed by atoms with E-state index < -0.39 is 34.9 Å². The lowest BCUT2D eigenvalue weighted by molar-refractivity contribution is -0.110. The molecule has 1 aromatic rings. The Hall–Kier alpha value is -3.30. The molecule has 0 amide bonds. The van der Waals surface area contributed by atoms with Crippen molar-refractivity contribution in [2.75, 3.05) is 0 Å². The second kappa shape index (κ2) is 6.07. The molecular formula is C18H14N4O2. The van der Waals surface area contributed by atoms with E-state index in [-0.39, 0.29) is 5.71 Å².